The fourth-order valence-corrected chi connectivity index (χ4v) is 7.44. The molecule has 0 spiro atoms. The van der Waals surface area contributed by atoms with Crippen molar-refractivity contribution in [3.63, 3.8) is 0 Å². The van der Waals surface area contributed by atoms with Crippen LogP contribution in [0.25, 0.3) is 6.08 Å². The van der Waals surface area contributed by atoms with E-state index < -0.39 is 0 Å². The summed E-state index contributed by atoms with van der Waals surface area (Å²) in [6, 6.07) is 19.6. The summed E-state index contributed by atoms with van der Waals surface area (Å²) in [5.41, 5.74) is 4.84. The zero-order valence-electron chi connectivity index (χ0n) is 28.1. The molecular formula is C38H57NO. The van der Waals surface area contributed by atoms with Crippen LogP contribution in [0.4, 0.5) is 0 Å². The Morgan fingerprint density at radius 1 is 0.800 bits per heavy atom. The quantitative estimate of drug-likeness (QED) is 0.307. The molecule has 0 saturated carbocycles. The highest BCUT2D eigenvalue weighted by atomic mass is 16.5. The van der Waals surface area contributed by atoms with E-state index in [2.05, 4.69) is 169 Å². The van der Waals surface area contributed by atoms with E-state index in [9.17, 15) is 0 Å². The number of rotatable bonds is 8. The Bertz CT molecular complexity index is 1220. The van der Waals surface area contributed by atoms with Crippen LogP contribution < -0.4 is 4.74 Å². The number of hydrogen-bond acceptors (Lipinski definition) is 2. The zero-order chi connectivity index (χ0) is 30.4. The first-order chi connectivity index (χ1) is 18.2. The molecule has 0 radical (unpaired) electrons. The molecule has 3 rings (SSSR count). The normalized spacial score (nSPS) is 22.8. The third-order valence-electron chi connectivity index (χ3n) is 10.7. The van der Waals surface area contributed by atoms with Crippen LogP contribution in [-0.4, -0.2) is 27.1 Å². The molecule has 220 valence electrons. The highest BCUT2D eigenvalue weighted by Gasteiger charge is 2.63. The van der Waals surface area contributed by atoms with Gasteiger partial charge in [-0.1, -0.05) is 81.0 Å². The SMILES string of the molecule is CC(C)=C(C)C(C)(C)Oc1ccc(CC2(C)CC(C)(C)C(C)(C)N(C(C)(C)/C=C/c3ccccc3)C2(C)C)cc1. The minimum absolute atomic E-state index is 0.00734. The van der Waals surface area contributed by atoms with Gasteiger partial charge in [-0.25, -0.2) is 0 Å². The van der Waals surface area contributed by atoms with E-state index in [1.807, 2.05) is 0 Å². The Labute approximate surface area is 246 Å². The summed E-state index contributed by atoms with van der Waals surface area (Å²) in [6.07, 6.45) is 6.88. The van der Waals surface area contributed by atoms with Gasteiger partial charge in [0.05, 0.1) is 0 Å². The summed E-state index contributed by atoms with van der Waals surface area (Å²) < 4.78 is 6.45. The van der Waals surface area contributed by atoms with Gasteiger partial charge < -0.3 is 4.74 Å². The van der Waals surface area contributed by atoms with Crippen molar-refractivity contribution in [3.05, 3.63) is 82.9 Å². The van der Waals surface area contributed by atoms with E-state index >= 15 is 0 Å². The van der Waals surface area contributed by atoms with Crippen molar-refractivity contribution >= 4 is 6.08 Å². The summed E-state index contributed by atoms with van der Waals surface area (Å²) in [5.74, 6) is 0.928. The van der Waals surface area contributed by atoms with E-state index in [1.165, 1.54) is 22.3 Å². The van der Waals surface area contributed by atoms with Gasteiger partial charge in [-0.3, -0.25) is 4.90 Å². The van der Waals surface area contributed by atoms with Crippen molar-refractivity contribution in [2.75, 3.05) is 0 Å². The molecule has 1 saturated heterocycles. The molecule has 2 aromatic rings. The summed E-state index contributed by atoms with van der Waals surface area (Å²) in [7, 11) is 0. The molecular weight excluding hydrogens is 486 g/mol. The van der Waals surface area contributed by atoms with Gasteiger partial charge in [-0.05, 0) is 129 Å². The maximum absolute atomic E-state index is 6.45. The number of piperidine rings is 1. The average molecular weight is 544 g/mol. The van der Waals surface area contributed by atoms with E-state index in [0.29, 0.717) is 0 Å². The molecule has 0 amide bonds. The third-order valence-corrected chi connectivity index (χ3v) is 10.7. The van der Waals surface area contributed by atoms with Crippen molar-refractivity contribution in [2.24, 2.45) is 10.8 Å². The van der Waals surface area contributed by atoms with Crippen molar-refractivity contribution in [3.8, 4) is 5.75 Å². The topological polar surface area (TPSA) is 12.5 Å². The molecule has 1 heterocycles. The standard InChI is InChI=1S/C38H57NO/c1-28(2)29(3)35(8,9)40-32-22-20-31(21-23-32)26-38(14)27-33(4,5)36(10,11)39(37(38,12)13)34(6,7)25-24-30-18-16-15-17-19-30/h15-25H,26-27H2,1-14H3/b25-24+. The molecule has 2 nitrogen and oxygen atoms in total. The molecule has 0 aromatic heterocycles. The van der Waals surface area contributed by atoms with Gasteiger partial charge in [0.15, 0.2) is 0 Å². The van der Waals surface area contributed by atoms with Crippen molar-refractivity contribution < 1.29 is 4.74 Å². The Kier molecular flexibility index (Phi) is 8.71. The van der Waals surface area contributed by atoms with Crippen LogP contribution in [0.3, 0.4) is 0 Å². The van der Waals surface area contributed by atoms with Crippen LogP contribution in [-0.2, 0) is 6.42 Å². The number of allylic oxidation sites excluding steroid dienone is 1. The summed E-state index contributed by atoms with van der Waals surface area (Å²) >= 11 is 0. The van der Waals surface area contributed by atoms with Crippen LogP contribution in [0.5, 0.6) is 5.75 Å². The Morgan fingerprint density at radius 3 is 1.88 bits per heavy atom. The molecule has 40 heavy (non-hydrogen) atoms. The van der Waals surface area contributed by atoms with E-state index in [4.69, 9.17) is 4.74 Å². The zero-order valence-corrected chi connectivity index (χ0v) is 28.1. The van der Waals surface area contributed by atoms with Crippen LogP contribution >= 0.6 is 0 Å². The lowest BCUT2D eigenvalue weighted by atomic mass is 9.51. The second kappa shape index (κ2) is 10.8. The summed E-state index contributed by atoms with van der Waals surface area (Å²) in [5, 5.41) is 0. The van der Waals surface area contributed by atoms with E-state index in [1.54, 1.807) is 0 Å². The monoisotopic (exact) mass is 543 g/mol. The minimum Gasteiger partial charge on any atom is -0.484 e. The second-order valence-corrected chi connectivity index (χ2v) is 15.5. The van der Waals surface area contributed by atoms with Crippen molar-refractivity contribution in [2.45, 2.75) is 132 Å². The number of benzene rings is 2. The van der Waals surface area contributed by atoms with Crippen molar-refractivity contribution in [1.82, 2.24) is 4.90 Å². The highest BCUT2D eigenvalue weighted by molar-refractivity contribution is 5.50. The van der Waals surface area contributed by atoms with Crippen molar-refractivity contribution in [1.29, 1.82) is 0 Å². The smallest absolute Gasteiger partial charge is 0.124 e. The molecule has 2 heteroatoms. The number of hydrogen-bond donors (Lipinski definition) is 0. The van der Waals surface area contributed by atoms with Crippen LogP contribution in [0.2, 0.25) is 0 Å². The molecule has 0 aliphatic carbocycles. The Hall–Kier alpha value is -2.32. The summed E-state index contributed by atoms with van der Waals surface area (Å²) in [6.45, 7) is 32.9. The maximum atomic E-state index is 6.45. The Morgan fingerprint density at radius 2 is 1.35 bits per heavy atom. The molecule has 0 bridgehead atoms. The van der Waals surface area contributed by atoms with E-state index in [0.717, 1.165) is 18.6 Å². The van der Waals surface area contributed by atoms with Gasteiger partial charge in [0.1, 0.15) is 11.4 Å². The lowest BCUT2D eigenvalue weighted by molar-refractivity contribution is -0.202. The van der Waals surface area contributed by atoms with Crippen LogP contribution in [0.15, 0.2) is 71.8 Å². The molecule has 1 aliphatic rings. The molecule has 1 aliphatic heterocycles. The largest absolute Gasteiger partial charge is 0.484 e. The predicted molar refractivity (Wildman–Crippen MR) is 175 cm³/mol. The number of ether oxygens (including phenoxy) is 1. The fourth-order valence-electron chi connectivity index (χ4n) is 7.44. The minimum atomic E-state index is -0.327. The number of likely N-dealkylation sites (tertiary alicyclic amines) is 1. The second-order valence-electron chi connectivity index (χ2n) is 15.5. The van der Waals surface area contributed by atoms with Gasteiger partial charge >= 0.3 is 0 Å². The molecule has 1 atom stereocenters. The van der Waals surface area contributed by atoms with Gasteiger partial charge in [0.25, 0.3) is 0 Å². The number of nitrogens with zero attached hydrogens (tertiary/aromatic N) is 1. The van der Waals surface area contributed by atoms with Gasteiger partial charge in [0, 0.05) is 16.6 Å². The fraction of sp³-hybridized carbons (Fsp3) is 0.579. The first-order valence-corrected chi connectivity index (χ1v) is 15.1. The van der Waals surface area contributed by atoms with Gasteiger partial charge in [-0.2, -0.15) is 0 Å². The van der Waals surface area contributed by atoms with Gasteiger partial charge in [-0.15, -0.1) is 0 Å². The molecule has 2 aromatic carbocycles. The van der Waals surface area contributed by atoms with Crippen LogP contribution in [0, 0.1) is 10.8 Å². The average Bonchev–Trinajstić information content (AvgIpc) is 2.82. The Balaban J connectivity index is 1.96. The maximum Gasteiger partial charge on any atom is 0.124 e. The molecule has 1 unspecified atom stereocenters. The first-order valence-electron chi connectivity index (χ1n) is 15.1. The predicted octanol–water partition coefficient (Wildman–Crippen LogP) is 10.5. The highest BCUT2D eigenvalue weighted by Crippen LogP contribution is 2.60. The lowest BCUT2D eigenvalue weighted by Crippen LogP contribution is -2.76. The van der Waals surface area contributed by atoms with E-state index in [-0.39, 0.29) is 33.0 Å². The lowest BCUT2D eigenvalue weighted by Gasteiger charge is -2.71. The van der Waals surface area contributed by atoms with Crippen LogP contribution in [0.1, 0.15) is 114 Å². The van der Waals surface area contributed by atoms with Gasteiger partial charge in [0.2, 0.25) is 0 Å². The summed E-state index contributed by atoms with van der Waals surface area (Å²) in [4.78, 5) is 2.82. The molecule has 1 fully saturated rings. The third kappa shape index (κ3) is 6.13. The first kappa shape index (κ1) is 32.2. The molecule has 0 N–H and O–H groups in total.